The standard InChI is InChI=1S/C19H37N7.HI/c1-5-7-8-20-19(21-9-10-26-16-22-23-18(26)6-2)25-13-11-24(12-14-25)15-17(3)4;/h16-17H,5-15H2,1-4H3,(H,20,21);1H. The maximum atomic E-state index is 4.86. The molecule has 1 fully saturated rings. The molecule has 0 bridgehead atoms. The van der Waals surface area contributed by atoms with Crippen molar-refractivity contribution in [1.29, 1.82) is 0 Å². The number of nitrogens with zero attached hydrogens (tertiary/aromatic N) is 6. The molecule has 1 aliphatic rings. The maximum absolute atomic E-state index is 4.86. The smallest absolute Gasteiger partial charge is 0.194 e. The molecule has 156 valence electrons. The Morgan fingerprint density at radius 1 is 1.22 bits per heavy atom. The summed E-state index contributed by atoms with van der Waals surface area (Å²) in [6.45, 7) is 17.1. The molecule has 1 aliphatic heterocycles. The second kappa shape index (κ2) is 13.3. The second-order valence-electron chi connectivity index (χ2n) is 7.46. The summed E-state index contributed by atoms with van der Waals surface area (Å²) in [6.07, 6.45) is 5.05. The van der Waals surface area contributed by atoms with Gasteiger partial charge in [-0.05, 0) is 12.3 Å². The summed E-state index contributed by atoms with van der Waals surface area (Å²) >= 11 is 0. The van der Waals surface area contributed by atoms with Crippen molar-refractivity contribution in [2.24, 2.45) is 10.9 Å². The fourth-order valence-corrected chi connectivity index (χ4v) is 3.30. The molecule has 0 atom stereocenters. The molecule has 8 heteroatoms. The van der Waals surface area contributed by atoms with Crippen LogP contribution in [-0.2, 0) is 13.0 Å². The minimum Gasteiger partial charge on any atom is -0.354 e. The molecule has 0 saturated carbocycles. The van der Waals surface area contributed by atoms with E-state index in [1.165, 1.54) is 13.0 Å². The van der Waals surface area contributed by atoms with Gasteiger partial charge in [0, 0.05) is 58.8 Å². The van der Waals surface area contributed by atoms with E-state index in [2.05, 4.69) is 57.6 Å². The lowest BCUT2D eigenvalue weighted by atomic mass is 10.2. The summed E-state index contributed by atoms with van der Waals surface area (Å²) in [5, 5.41) is 11.7. The zero-order valence-electron chi connectivity index (χ0n) is 17.5. The van der Waals surface area contributed by atoms with Crippen LogP contribution in [0.2, 0.25) is 0 Å². The summed E-state index contributed by atoms with van der Waals surface area (Å²) in [4.78, 5) is 9.84. The molecule has 0 spiro atoms. The van der Waals surface area contributed by atoms with Gasteiger partial charge in [-0.15, -0.1) is 34.2 Å². The van der Waals surface area contributed by atoms with Gasteiger partial charge in [0.05, 0.1) is 0 Å². The molecule has 0 aromatic carbocycles. The predicted octanol–water partition coefficient (Wildman–Crippen LogP) is 2.48. The van der Waals surface area contributed by atoms with Crippen molar-refractivity contribution in [3.05, 3.63) is 12.2 Å². The van der Waals surface area contributed by atoms with E-state index in [1.54, 1.807) is 0 Å². The highest BCUT2D eigenvalue weighted by atomic mass is 127. The van der Waals surface area contributed by atoms with E-state index < -0.39 is 0 Å². The van der Waals surface area contributed by atoms with E-state index >= 15 is 0 Å². The maximum Gasteiger partial charge on any atom is 0.194 e. The zero-order valence-corrected chi connectivity index (χ0v) is 19.9. The van der Waals surface area contributed by atoms with Gasteiger partial charge in [0.15, 0.2) is 5.96 Å². The number of rotatable bonds is 9. The molecule has 1 N–H and O–H groups in total. The lowest BCUT2D eigenvalue weighted by Crippen LogP contribution is -2.53. The Kier molecular flexibility index (Phi) is 11.9. The molecule has 1 saturated heterocycles. The highest BCUT2D eigenvalue weighted by molar-refractivity contribution is 14.0. The number of hydrogen-bond acceptors (Lipinski definition) is 4. The summed E-state index contributed by atoms with van der Waals surface area (Å²) in [7, 11) is 0. The van der Waals surface area contributed by atoms with E-state index in [1.807, 2.05) is 6.33 Å². The number of guanidine groups is 1. The first-order valence-corrected chi connectivity index (χ1v) is 10.3. The third kappa shape index (κ3) is 8.33. The second-order valence-corrected chi connectivity index (χ2v) is 7.46. The van der Waals surface area contributed by atoms with Crippen molar-refractivity contribution in [2.75, 3.05) is 45.8 Å². The Labute approximate surface area is 182 Å². The van der Waals surface area contributed by atoms with Crippen molar-refractivity contribution in [2.45, 2.75) is 53.5 Å². The van der Waals surface area contributed by atoms with Crippen molar-refractivity contribution in [3.8, 4) is 0 Å². The predicted molar refractivity (Wildman–Crippen MR) is 123 cm³/mol. The SMILES string of the molecule is CCCCN=C(NCCn1cnnc1CC)N1CCN(CC(C)C)CC1.I. The normalized spacial score (nSPS) is 15.9. The summed E-state index contributed by atoms with van der Waals surface area (Å²) < 4.78 is 2.12. The minimum absolute atomic E-state index is 0. The highest BCUT2D eigenvalue weighted by Gasteiger charge is 2.20. The summed E-state index contributed by atoms with van der Waals surface area (Å²) in [5.74, 6) is 2.83. The van der Waals surface area contributed by atoms with Crippen molar-refractivity contribution in [3.63, 3.8) is 0 Å². The Morgan fingerprint density at radius 2 is 1.96 bits per heavy atom. The van der Waals surface area contributed by atoms with Crippen LogP contribution in [0.25, 0.3) is 0 Å². The Hall–Kier alpha value is -0.900. The number of nitrogens with one attached hydrogen (secondary N) is 1. The molecule has 27 heavy (non-hydrogen) atoms. The van der Waals surface area contributed by atoms with E-state index in [0.29, 0.717) is 0 Å². The Balaban J connectivity index is 0.00000364. The monoisotopic (exact) mass is 491 g/mol. The zero-order chi connectivity index (χ0) is 18.8. The number of aliphatic imine (C=N–C) groups is 1. The van der Waals surface area contributed by atoms with E-state index in [4.69, 9.17) is 4.99 Å². The van der Waals surface area contributed by atoms with Crippen LogP contribution < -0.4 is 5.32 Å². The van der Waals surface area contributed by atoms with Gasteiger partial charge in [-0.25, -0.2) is 0 Å². The first kappa shape index (κ1) is 24.1. The van der Waals surface area contributed by atoms with Crippen molar-refractivity contribution >= 4 is 29.9 Å². The van der Waals surface area contributed by atoms with Crippen LogP contribution in [0.1, 0.15) is 46.4 Å². The Bertz CT molecular complexity index is 536. The largest absolute Gasteiger partial charge is 0.354 e. The van der Waals surface area contributed by atoms with Gasteiger partial charge in [0.25, 0.3) is 0 Å². The number of aromatic nitrogens is 3. The molecular formula is C19H38IN7. The van der Waals surface area contributed by atoms with Gasteiger partial charge >= 0.3 is 0 Å². The first-order valence-electron chi connectivity index (χ1n) is 10.3. The van der Waals surface area contributed by atoms with Crippen LogP contribution in [0.5, 0.6) is 0 Å². The molecule has 2 heterocycles. The third-order valence-electron chi connectivity index (χ3n) is 4.72. The van der Waals surface area contributed by atoms with Crippen molar-refractivity contribution < 1.29 is 0 Å². The van der Waals surface area contributed by atoms with E-state index in [0.717, 1.165) is 76.4 Å². The number of piperazine rings is 1. The lowest BCUT2D eigenvalue weighted by Gasteiger charge is -2.37. The van der Waals surface area contributed by atoms with Gasteiger partial charge in [0.2, 0.25) is 0 Å². The van der Waals surface area contributed by atoms with Crippen LogP contribution in [0.3, 0.4) is 0 Å². The quantitative estimate of drug-likeness (QED) is 0.249. The number of unbranched alkanes of at least 4 members (excludes halogenated alkanes) is 1. The van der Waals surface area contributed by atoms with E-state index in [9.17, 15) is 0 Å². The number of halogens is 1. The molecule has 0 radical (unpaired) electrons. The molecule has 2 rings (SSSR count). The van der Waals surface area contributed by atoms with Crippen LogP contribution in [0.15, 0.2) is 11.3 Å². The first-order chi connectivity index (χ1) is 12.6. The number of aryl methyl sites for hydroxylation is 1. The highest BCUT2D eigenvalue weighted by Crippen LogP contribution is 2.06. The van der Waals surface area contributed by atoms with Gasteiger partial charge < -0.3 is 14.8 Å². The fraction of sp³-hybridized carbons (Fsp3) is 0.842. The molecule has 0 amide bonds. The molecule has 0 unspecified atom stereocenters. The van der Waals surface area contributed by atoms with Crippen molar-refractivity contribution in [1.82, 2.24) is 29.9 Å². The fourth-order valence-electron chi connectivity index (χ4n) is 3.30. The van der Waals surface area contributed by atoms with Crippen LogP contribution in [0.4, 0.5) is 0 Å². The van der Waals surface area contributed by atoms with Gasteiger partial charge in [0.1, 0.15) is 12.2 Å². The average Bonchev–Trinajstić information content (AvgIpc) is 3.08. The summed E-state index contributed by atoms with van der Waals surface area (Å²) in [6, 6.07) is 0. The summed E-state index contributed by atoms with van der Waals surface area (Å²) in [5.41, 5.74) is 0. The van der Waals surface area contributed by atoms with Crippen LogP contribution >= 0.6 is 24.0 Å². The Morgan fingerprint density at radius 3 is 2.59 bits per heavy atom. The van der Waals surface area contributed by atoms with Crippen LogP contribution in [0, 0.1) is 5.92 Å². The van der Waals surface area contributed by atoms with Gasteiger partial charge in [-0.2, -0.15) is 0 Å². The topological polar surface area (TPSA) is 61.6 Å². The number of hydrogen-bond donors (Lipinski definition) is 1. The van der Waals surface area contributed by atoms with Crippen LogP contribution in [-0.4, -0.2) is 76.3 Å². The molecular weight excluding hydrogens is 453 g/mol. The molecule has 0 aliphatic carbocycles. The third-order valence-corrected chi connectivity index (χ3v) is 4.72. The molecule has 1 aromatic heterocycles. The van der Waals surface area contributed by atoms with E-state index in [-0.39, 0.29) is 24.0 Å². The lowest BCUT2D eigenvalue weighted by molar-refractivity contribution is 0.163. The molecule has 7 nitrogen and oxygen atoms in total. The van der Waals surface area contributed by atoms with Gasteiger partial charge in [-0.1, -0.05) is 34.1 Å². The van der Waals surface area contributed by atoms with Gasteiger partial charge in [-0.3, -0.25) is 9.89 Å². The average molecular weight is 491 g/mol. The minimum atomic E-state index is 0. The molecule has 1 aromatic rings.